The minimum absolute atomic E-state index is 0.425. The summed E-state index contributed by atoms with van der Waals surface area (Å²) in [7, 11) is 0. The van der Waals surface area contributed by atoms with Crippen LogP contribution in [-0.2, 0) is 6.54 Å². The van der Waals surface area contributed by atoms with E-state index >= 15 is 0 Å². The van der Waals surface area contributed by atoms with Gasteiger partial charge in [0.05, 0.1) is 12.3 Å². The first-order chi connectivity index (χ1) is 10.1. The average Bonchev–Trinajstić information content (AvgIpc) is 2.77. The van der Waals surface area contributed by atoms with E-state index in [1.165, 1.54) is 12.0 Å². The van der Waals surface area contributed by atoms with Gasteiger partial charge in [0.1, 0.15) is 12.0 Å². The lowest BCUT2D eigenvalue weighted by molar-refractivity contribution is 0.328. The summed E-state index contributed by atoms with van der Waals surface area (Å²) in [6.45, 7) is 8.09. The molecule has 0 atom stereocenters. The van der Waals surface area contributed by atoms with Crippen molar-refractivity contribution >= 4 is 11.5 Å². The van der Waals surface area contributed by atoms with E-state index < -0.39 is 0 Å². The Morgan fingerprint density at radius 2 is 2.14 bits per heavy atom. The quantitative estimate of drug-likeness (QED) is 0.755. The molecule has 0 amide bonds. The zero-order valence-electron chi connectivity index (χ0n) is 12.8. The highest BCUT2D eigenvalue weighted by Crippen LogP contribution is 2.24. The predicted molar refractivity (Wildman–Crippen MR) is 82.4 cm³/mol. The lowest BCUT2D eigenvalue weighted by atomic mass is 10.3. The number of rotatable bonds is 7. The van der Waals surface area contributed by atoms with E-state index in [4.69, 9.17) is 10.5 Å². The van der Waals surface area contributed by atoms with E-state index in [9.17, 15) is 0 Å². The molecule has 0 aliphatic heterocycles. The van der Waals surface area contributed by atoms with Gasteiger partial charge in [-0.25, -0.2) is 4.98 Å². The number of anilines is 2. The number of aromatic nitrogens is 4. The number of nitrogens with two attached hydrogens (primary N) is 1. The smallest absolute Gasteiger partial charge is 0.242 e. The third kappa shape index (κ3) is 3.84. The average molecular weight is 290 g/mol. The van der Waals surface area contributed by atoms with Crippen LogP contribution in [0.1, 0.15) is 24.7 Å². The van der Waals surface area contributed by atoms with Crippen molar-refractivity contribution in [1.29, 1.82) is 0 Å². The summed E-state index contributed by atoms with van der Waals surface area (Å²) in [6, 6.07) is 2.07. The molecule has 0 radical (unpaired) electrons. The van der Waals surface area contributed by atoms with E-state index in [0.717, 1.165) is 25.2 Å². The van der Waals surface area contributed by atoms with Gasteiger partial charge >= 0.3 is 0 Å². The molecule has 7 heteroatoms. The Morgan fingerprint density at radius 3 is 2.81 bits per heavy atom. The number of hydrogen-bond donors (Lipinski definition) is 2. The number of ether oxygens (including phenoxy) is 1. The van der Waals surface area contributed by atoms with Gasteiger partial charge in [0.15, 0.2) is 5.82 Å². The Balaban J connectivity index is 1.86. The highest BCUT2D eigenvalue weighted by molar-refractivity contribution is 5.66. The van der Waals surface area contributed by atoms with Gasteiger partial charge in [0.2, 0.25) is 5.88 Å². The Bertz CT molecular complexity index is 595. The lowest BCUT2D eigenvalue weighted by Crippen LogP contribution is -2.12. The van der Waals surface area contributed by atoms with Gasteiger partial charge in [0, 0.05) is 18.8 Å². The fourth-order valence-corrected chi connectivity index (χ4v) is 2.11. The minimum Gasteiger partial charge on any atom is -0.476 e. The standard InChI is InChI=1S/C14H22N6O/c1-4-21-14-12(15)13(17-9-18-14)16-6-5-7-20-11(3)8-10(2)19-20/h8-9H,4-7,15H2,1-3H3,(H,16,17,18). The monoisotopic (exact) mass is 290 g/mol. The molecule has 0 aliphatic carbocycles. The fraction of sp³-hybridized carbons (Fsp3) is 0.500. The van der Waals surface area contributed by atoms with Crippen LogP contribution in [0.25, 0.3) is 0 Å². The SMILES string of the molecule is CCOc1ncnc(NCCCn2nc(C)cc2C)c1N. The summed E-state index contributed by atoms with van der Waals surface area (Å²) in [5, 5.41) is 7.64. The maximum absolute atomic E-state index is 5.96. The topological polar surface area (TPSA) is 90.9 Å². The fourth-order valence-electron chi connectivity index (χ4n) is 2.11. The second-order valence-electron chi connectivity index (χ2n) is 4.80. The second kappa shape index (κ2) is 6.92. The van der Waals surface area contributed by atoms with Gasteiger partial charge in [-0.1, -0.05) is 0 Å². The van der Waals surface area contributed by atoms with Crippen molar-refractivity contribution in [2.24, 2.45) is 0 Å². The van der Waals surface area contributed by atoms with Crippen molar-refractivity contribution in [2.45, 2.75) is 33.7 Å². The maximum atomic E-state index is 5.96. The van der Waals surface area contributed by atoms with Crippen LogP contribution in [0.2, 0.25) is 0 Å². The van der Waals surface area contributed by atoms with Gasteiger partial charge in [-0.05, 0) is 33.3 Å². The Hall–Kier alpha value is -2.31. The molecular formula is C14H22N6O. The van der Waals surface area contributed by atoms with Crippen LogP contribution >= 0.6 is 0 Å². The third-order valence-electron chi connectivity index (χ3n) is 3.07. The lowest BCUT2D eigenvalue weighted by Gasteiger charge is -2.11. The first-order valence-electron chi connectivity index (χ1n) is 7.10. The van der Waals surface area contributed by atoms with Crippen LogP contribution in [0.4, 0.5) is 11.5 Å². The molecule has 0 unspecified atom stereocenters. The van der Waals surface area contributed by atoms with Crippen LogP contribution in [-0.4, -0.2) is 32.9 Å². The van der Waals surface area contributed by atoms with E-state index in [-0.39, 0.29) is 0 Å². The molecule has 0 saturated heterocycles. The zero-order chi connectivity index (χ0) is 15.2. The molecule has 2 heterocycles. The normalized spacial score (nSPS) is 10.6. The number of nitrogens with one attached hydrogen (secondary N) is 1. The highest BCUT2D eigenvalue weighted by Gasteiger charge is 2.08. The van der Waals surface area contributed by atoms with Gasteiger partial charge in [0.25, 0.3) is 0 Å². The molecule has 0 bridgehead atoms. The third-order valence-corrected chi connectivity index (χ3v) is 3.07. The van der Waals surface area contributed by atoms with Crippen LogP contribution in [0.3, 0.4) is 0 Å². The second-order valence-corrected chi connectivity index (χ2v) is 4.80. The molecule has 114 valence electrons. The molecule has 21 heavy (non-hydrogen) atoms. The molecule has 3 N–H and O–H groups in total. The summed E-state index contributed by atoms with van der Waals surface area (Å²) >= 11 is 0. The molecule has 0 fully saturated rings. The number of hydrogen-bond acceptors (Lipinski definition) is 6. The van der Waals surface area contributed by atoms with E-state index in [1.54, 1.807) is 0 Å². The van der Waals surface area contributed by atoms with Crippen molar-refractivity contribution in [3.63, 3.8) is 0 Å². The number of nitrogen functional groups attached to an aromatic ring is 1. The van der Waals surface area contributed by atoms with Gasteiger partial charge in [-0.3, -0.25) is 4.68 Å². The van der Waals surface area contributed by atoms with Gasteiger partial charge < -0.3 is 15.8 Å². The summed E-state index contributed by atoms with van der Waals surface area (Å²) in [5.74, 6) is 1.04. The Morgan fingerprint density at radius 1 is 1.33 bits per heavy atom. The summed E-state index contributed by atoms with van der Waals surface area (Å²) < 4.78 is 7.35. The molecule has 0 spiro atoms. The van der Waals surface area contributed by atoms with Crippen LogP contribution in [0, 0.1) is 13.8 Å². The Kier molecular flexibility index (Phi) is 4.97. The number of nitrogens with zero attached hydrogens (tertiary/aromatic N) is 4. The zero-order valence-corrected chi connectivity index (χ0v) is 12.8. The molecular weight excluding hydrogens is 268 g/mol. The molecule has 7 nitrogen and oxygen atoms in total. The first-order valence-corrected chi connectivity index (χ1v) is 7.10. The van der Waals surface area contributed by atoms with Crippen molar-refractivity contribution in [3.8, 4) is 5.88 Å². The summed E-state index contributed by atoms with van der Waals surface area (Å²) in [6.07, 6.45) is 2.38. The van der Waals surface area contributed by atoms with E-state index in [2.05, 4.69) is 33.4 Å². The molecule has 0 aliphatic rings. The van der Waals surface area contributed by atoms with Crippen molar-refractivity contribution < 1.29 is 4.74 Å². The van der Waals surface area contributed by atoms with Gasteiger partial charge in [-0.15, -0.1) is 0 Å². The molecule has 2 rings (SSSR count). The maximum Gasteiger partial charge on any atom is 0.242 e. The number of aryl methyl sites for hydroxylation is 3. The highest BCUT2D eigenvalue weighted by atomic mass is 16.5. The van der Waals surface area contributed by atoms with Gasteiger partial charge in [-0.2, -0.15) is 10.1 Å². The first kappa shape index (κ1) is 15.1. The molecule has 0 aromatic carbocycles. The predicted octanol–water partition coefficient (Wildman–Crippen LogP) is 1.77. The van der Waals surface area contributed by atoms with Crippen LogP contribution in [0.5, 0.6) is 5.88 Å². The molecule has 2 aromatic rings. The van der Waals surface area contributed by atoms with Crippen molar-refractivity contribution in [1.82, 2.24) is 19.7 Å². The largest absolute Gasteiger partial charge is 0.476 e. The Labute approximate surface area is 124 Å². The molecule has 2 aromatic heterocycles. The van der Waals surface area contributed by atoms with Crippen LogP contribution in [0.15, 0.2) is 12.4 Å². The van der Waals surface area contributed by atoms with E-state index in [1.807, 2.05) is 18.5 Å². The summed E-state index contributed by atoms with van der Waals surface area (Å²) in [4.78, 5) is 8.14. The van der Waals surface area contributed by atoms with Crippen LogP contribution < -0.4 is 15.8 Å². The molecule has 0 saturated carbocycles. The minimum atomic E-state index is 0.425. The van der Waals surface area contributed by atoms with Crippen molar-refractivity contribution in [2.75, 3.05) is 24.2 Å². The van der Waals surface area contributed by atoms with Crippen molar-refractivity contribution in [3.05, 3.63) is 23.8 Å². The summed E-state index contributed by atoms with van der Waals surface area (Å²) in [5.41, 5.74) is 8.63. The van der Waals surface area contributed by atoms with E-state index in [0.29, 0.717) is 24.0 Å².